The topological polar surface area (TPSA) is 52.8 Å². The van der Waals surface area contributed by atoms with Crippen LogP contribution in [0.5, 0.6) is 0 Å². The van der Waals surface area contributed by atoms with Gasteiger partial charge in [-0.1, -0.05) is 35.9 Å². The highest BCUT2D eigenvalue weighted by atomic mass is 35.5. The summed E-state index contributed by atoms with van der Waals surface area (Å²) in [6, 6.07) is 10.1. The number of aromatic nitrogens is 1. The third-order valence-corrected chi connectivity index (χ3v) is 5.19. The summed E-state index contributed by atoms with van der Waals surface area (Å²) >= 11 is 6.09. The summed E-state index contributed by atoms with van der Waals surface area (Å²) in [5.74, 6) is 0.780. The lowest BCUT2D eigenvalue weighted by Crippen LogP contribution is -2.40. The van der Waals surface area contributed by atoms with Crippen LogP contribution in [0, 0.1) is 0 Å². The molecule has 1 aliphatic carbocycles. The van der Waals surface area contributed by atoms with E-state index in [-0.39, 0.29) is 0 Å². The lowest BCUT2D eigenvalue weighted by atomic mass is 9.96. The minimum Gasteiger partial charge on any atom is -0.383 e. The van der Waals surface area contributed by atoms with Crippen LogP contribution in [-0.4, -0.2) is 40.7 Å². The molecule has 1 atom stereocenters. The quantitative estimate of drug-likeness (QED) is 0.625. The normalized spacial score (nSPS) is 19.5. The van der Waals surface area contributed by atoms with Crippen LogP contribution in [0.4, 0.5) is 0 Å². The third-order valence-electron chi connectivity index (χ3n) is 4.99. The largest absolute Gasteiger partial charge is 0.383 e. The lowest BCUT2D eigenvalue weighted by Gasteiger charge is -2.26. The van der Waals surface area contributed by atoms with Crippen LogP contribution in [0.15, 0.2) is 41.5 Å². The van der Waals surface area contributed by atoms with E-state index in [0.717, 1.165) is 35.2 Å². The maximum atomic E-state index is 11.1. The van der Waals surface area contributed by atoms with E-state index in [2.05, 4.69) is 16.3 Å². The van der Waals surface area contributed by atoms with E-state index < -0.39 is 5.60 Å². The summed E-state index contributed by atoms with van der Waals surface area (Å²) in [4.78, 5) is 6.79. The van der Waals surface area contributed by atoms with Crippen LogP contribution < -0.4 is 5.32 Å². The number of nitrogens with one attached hydrogen (secondary N) is 1. The Morgan fingerprint density at radius 3 is 2.88 bits per heavy atom. The van der Waals surface area contributed by atoms with Gasteiger partial charge in [-0.2, -0.15) is 0 Å². The molecule has 6 heteroatoms. The first-order valence-electron chi connectivity index (χ1n) is 9.04. The first-order chi connectivity index (χ1) is 12.4. The number of halogens is 1. The first kappa shape index (κ1) is 18.8. The van der Waals surface area contributed by atoms with E-state index >= 15 is 0 Å². The molecule has 0 saturated heterocycles. The summed E-state index contributed by atoms with van der Waals surface area (Å²) in [5.41, 5.74) is 2.46. The van der Waals surface area contributed by atoms with Crippen molar-refractivity contribution in [2.75, 3.05) is 20.1 Å². The van der Waals surface area contributed by atoms with Gasteiger partial charge >= 0.3 is 0 Å². The molecule has 0 radical (unpaired) electrons. The average molecular weight is 375 g/mol. The van der Waals surface area contributed by atoms with Gasteiger partial charge in [-0.3, -0.25) is 0 Å². The Morgan fingerprint density at radius 1 is 1.42 bits per heavy atom. The number of aliphatic imine (C=N–C) groups is 1. The number of nitrogens with zero attached hydrogens (tertiary/aromatic N) is 3. The molecular formula is C20H27ClN4O. The van der Waals surface area contributed by atoms with Crippen molar-refractivity contribution in [3.8, 4) is 0 Å². The van der Waals surface area contributed by atoms with Crippen LogP contribution in [0.3, 0.4) is 0 Å². The molecular weight excluding hydrogens is 348 g/mol. The van der Waals surface area contributed by atoms with Crippen molar-refractivity contribution in [1.29, 1.82) is 0 Å². The number of aliphatic hydroxyl groups is 1. The van der Waals surface area contributed by atoms with Gasteiger partial charge in [-0.05, 0) is 37.0 Å². The van der Waals surface area contributed by atoms with Crippen LogP contribution >= 0.6 is 11.6 Å². The maximum absolute atomic E-state index is 11.1. The minimum atomic E-state index is -0.883. The molecule has 1 aromatic heterocycles. The van der Waals surface area contributed by atoms with Crippen molar-refractivity contribution in [3.63, 3.8) is 0 Å². The summed E-state index contributed by atoms with van der Waals surface area (Å²) in [6.07, 6.45) is 3.51. The standard InChI is InChI=1S/C20H27ClN4O/c1-4-22-19(25(3)13-17-11-16(21)12-24(17)2)23-14-20(26)10-9-15-7-5-6-8-18(15)20/h5-8,11-12,26H,4,9-10,13-14H2,1-3H3,(H,22,23). The van der Waals surface area contributed by atoms with E-state index in [0.29, 0.717) is 19.5 Å². The molecule has 0 bridgehead atoms. The highest BCUT2D eigenvalue weighted by Gasteiger charge is 2.36. The van der Waals surface area contributed by atoms with Crippen molar-refractivity contribution >= 4 is 17.6 Å². The third kappa shape index (κ3) is 3.89. The summed E-state index contributed by atoms with van der Waals surface area (Å²) in [5, 5.41) is 15.2. The van der Waals surface area contributed by atoms with Gasteiger partial charge < -0.3 is 19.9 Å². The van der Waals surface area contributed by atoms with Gasteiger partial charge in [0.2, 0.25) is 0 Å². The Labute approximate surface area is 160 Å². The number of hydrogen-bond donors (Lipinski definition) is 2. The van der Waals surface area contributed by atoms with Crippen molar-refractivity contribution in [3.05, 3.63) is 58.4 Å². The maximum Gasteiger partial charge on any atom is 0.194 e. The van der Waals surface area contributed by atoms with Crippen LogP contribution in [-0.2, 0) is 25.6 Å². The molecule has 0 saturated carbocycles. The molecule has 5 nitrogen and oxygen atoms in total. The Bertz CT molecular complexity index is 801. The van der Waals surface area contributed by atoms with Crippen molar-refractivity contribution in [1.82, 2.24) is 14.8 Å². The molecule has 140 valence electrons. The van der Waals surface area contributed by atoms with Gasteiger partial charge in [0.15, 0.2) is 5.96 Å². The Morgan fingerprint density at radius 2 is 2.19 bits per heavy atom. The van der Waals surface area contributed by atoms with Gasteiger partial charge in [-0.25, -0.2) is 4.99 Å². The van der Waals surface area contributed by atoms with Gasteiger partial charge in [0, 0.05) is 32.5 Å². The van der Waals surface area contributed by atoms with Crippen LogP contribution in [0.25, 0.3) is 0 Å². The molecule has 26 heavy (non-hydrogen) atoms. The average Bonchev–Trinajstić information content (AvgIpc) is 3.11. The van der Waals surface area contributed by atoms with E-state index in [1.807, 2.05) is 56.0 Å². The second kappa shape index (κ2) is 7.72. The Kier molecular flexibility index (Phi) is 5.58. The fourth-order valence-corrected chi connectivity index (χ4v) is 3.82. The minimum absolute atomic E-state index is 0.352. The zero-order valence-corrected chi connectivity index (χ0v) is 16.4. The zero-order chi connectivity index (χ0) is 18.7. The van der Waals surface area contributed by atoms with E-state index in [1.54, 1.807) is 0 Å². The zero-order valence-electron chi connectivity index (χ0n) is 15.7. The number of fused-ring (bicyclic) bond motifs is 1. The van der Waals surface area contributed by atoms with Crippen LogP contribution in [0.2, 0.25) is 5.02 Å². The SMILES string of the molecule is CCNC(=NCC1(O)CCc2ccccc21)N(C)Cc1cc(Cl)cn1C. The highest BCUT2D eigenvalue weighted by Crippen LogP contribution is 2.36. The molecule has 2 N–H and O–H groups in total. The molecule has 1 aromatic carbocycles. The van der Waals surface area contributed by atoms with Crippen LogP contribution in [0.1, 0.15) is 30.2 Å². The molecule has 0 fully saturated rings. The number of hydrogen-bond acceptors (Lipinski definition) is 2. The molecule has 1 aliphatic rings. The number of rotatable bonds is 5. The molecule has 1 unspecified atom stereocenters. The molecule has 0 aliphatic heterocycles. The van der Waals surface area contributed by atoms with Crippen molar-refractivity contribution in [2.45, 2.75) is 31.9 Å². The van der Waals surface area contributed by atoms with Gasteiger partial charge in [0.05, 0.1) is 18.1 Å². The van der Waals surface area contributed by atoms with E-state index in [4.69, 9.17) is 16.6 Å². The van der Waals surface area contributed by atoms with E-state index in [9.17, 15) is 5.11 Å². The second-order valence-corrected chi connectivity index (χ2v) is 7.41. The summed E-state index contributed by atoms with van der Waals surface area (Å²) in [6.45, 7) is 3.85. The monoisotopic (exact) mass is 374 g/mol. The molecule has 1 heterocycles. The fraction of sp³-hybridized carbons (Fsp3) is 0.450. The molecule has 0 amide bonds. The molecule has 3 rings (SSSR count). The van der Waals surface area contributed by atoms with Crippen molar-refractivity contribution < 1.29 is 5.11 Å². The lowest BCUT2D eigenvalue weighted by molar-refractivity contribution is 0.0483. The Hall–Kier alpha value is -1.98. The van der Waals surface area contributed by atoms with E-state index in [1.165, 1.54) is 5.56 Å². The van der Waals surface area contributed by atoms with Gasteiger partial charge in [0.1, 0.15) is 5.60 Å². The highest BCUT2D eigenvalue weighted by molar-refractivity contribution is 6.30. The fourth-order valence-electron chi connectivity index (χ4n) is 3.55. The Balaban J connectivity index is 1.76. The second-order valence-electron chi connectivity index (χ2n) is 6.98. The van der Waals surface area contributed by atoms with Gasteiger partial charge in [0.25, 0.3) is 0 Å². The predicted molar refractivity (Wildman–Crippen MR) is 107 cm³/mol. The first-order valence-corrected chi connectivity index (χ1v) is 9.41. The van der Waals surface area contributed by atoms with Crippen molar-refractivity contribution in [2.24, 2.45) is 12.0 Å². The molecule has 2 aromatic rings. The summed E-state index contributed by atoms with van der Waals surface area (Å²) < 4.78 is 2.02. The summed E-state index contributed by atoms with van der Waals surface area (Å²) in [7, 11) is 3.98. The molecule has 0 spiro atoms. The number of aryl methyl sites for hydroxylation is 2. The van der Waals surface area contributed by atoms with Gasteiger partial charge in [-0.15, -0.1) is 0 Å². The number of guanidine groups is 1. The smallest absolute Gasteiger partial charge is 0.194 e. The number of benzene rings is 1. The predicted octanol–water partition coefficient (Wildman–Crippen LogP) is 2.91.